The average molecular weight is 283 g/mol. The third kappa shape index (κ3) is 3.76. The molecule has 1 atom stereocenters. The van der Waals surface area contributed by atoms with Gasteiger partial charge in [0, 0.05) is 5.02 Å². The highest BCUT2D eigenvalue weighted by atomic mass is 35.5. The maximum atomic E-state index is 11.4. The Morgan fingerprint density at radius 1 is 1.61 bits per heavy atom. The van der Waals surface area contributed by atoms with Crippen LogP contribution in [0.25, 0.3) is 0 Å². The van der Waals surface area contributed by atoms with Gasteiger partial charge in [0.05, 0.1) is 18.9 Å². The van der Waals surface area contributed by atoms with Crippen molar-refractivity contribution in [2.75, 3.05) is 13.4 Å². The van der Waals surface area contributed by atoms with Gasteiger partial charge in [0.2, 0.25) is 0 Å². The number of ether oxygens (including phenoxy) is 1. The molecule has 1 rings (SSSR count). The molecule has 0 heterocycles. The number of carbonyl (C=O) groups is 1. The van der Waals surface area contributed by atoms with Gasteiger partial charge >= 0.3 is 5.97 Å². The van der Waals surface area contributed by atoms with Crippen molar-refractivity contribution in [2.24, 2.45) is 10.9 Å². The van der Waals surface area contributed by atoms with E-state index in [-0.39, 0.29) is 0 Å². The Bertz CT molecular complexity index is 511. The molecule has 0 bridgehead atoms. The maximum absolute atomic E-state index is 11.4. The van der Waals surface area contributed by atoms with Crippen LogP contribution in [-0.2, 0) is 9.53 Å². The molecule has 6 heteroatoms. The molecule has 0 aliphatic heterocycles. The number of esters is 1. The van der Waals surface area contributed by atoms with Gasteiger partial charge in [-0.15, -0.1) is 11.8 Å². The highest BCUT2D eigenvalue weighted by molar-refractivity contribution is 8.13. The zero-order valence-corrected chi connectivity index (χ0v) is 11.5. The standard InChI is InChI=1S/C12H11ClN2O2S/c1-17-12(16)10(7-14)11(18-2)15-9-5-3-4-8(13)6-9/h3-6,10H,1-2H3. The van der Waals surface area contributed by atoms with E-state index in [2.05, 4.69) is 9.73 Å². The van der Waals surface area contributed by atoms with Crippen molar-refractivity contribution < 1.29 is 9.53 Å². The third-order valence-electron chi connectivity index (χ3n) is 2.07. The molecule has 0 saturated heterocycles. The minimum absolute atomic E-state index is 0.381. The summed E-state index contributed by atoms with van der Waals surface area (Å²) in [4.78, 5) is 15.7. The molecule has 0 spiro atoms. The molecule has 0 fully saturated rings. The fourth-order valence-electron chi connectivity index (χ4n) is 1.23. The van der Waals surface area contributed by atoms with Crippen molar-refractivity contribution >= 4 is 40.1 Å². The van der Waals surface area contributed by atoms with Crippen LogP contribution in [0.2, 0.25) is 5.02 Å². The minimum Gasteiger partial charge on any atom is -0.468 e. The highest BCUT2D eigenvalue weighted by Crippen LogP contribution is 2.22. The summed E-state index contributed by atoms with van der Waals surface area (Å²) in [6.45, 7) is 0. The number of rotatable bonds is 3. The summed E-state index contributed by atoms with van der Waals surface area (Å²) in [5.74, 6) is -1.63. The van der Waals surface area contributed by atoms with E-state index in [1.54, 1.807) is 30.5 Å². The molecule has 0 aliphatic carbocycles. The van der Waals surface area contributed by atoms with Gasteiger partial charge in [-0.25, -0.2) is 4.99 Å². The summed E-state index contributed by atoms with van der Waals surface area (Å²) in [6, 6.07) is 8.75. The molecule has 1 aromatic rings. The summed E-state index contributed by atoms with van der Waals surface area (Å²) in [7, 11) is 1.24. The molecule has 94 valence electrons. The molecule has 4 nitrogen and oxygen atoms in total. The molecule has 1 aromatic carbocycles. The number of hydrogen-bond donors (Lipinski definition) is 0. The van der Waals surface area contributed by atoms with Crippen LogP contribution in [0, 0.1) is 17.2 Å². The molecule has 0 N–H and O–H groups in total. The number of hydrogen-bond acceptors (Lipinski definition) is 5. The van der Waals surface area contributed by atoms with Crippen molar-refractivity contribution in [3.8, 4) is 6.07 Å². The van der Waals surface area contributed by atoms with Gasteiger partial charge in [-0.1, -0.05) is 17.7 Å². The number of halogens is 1. The average Bonchev–Trinajstić information content (AvgIpc) is 2.38. The van der Waals surface area contributed by atoms with Crippen LogP contribution in [0.5, 0.6) is 0 Å². The van der Waals surface area contributed by atoms with Gasteiger partial charge in [0.15, 0.2) is 5.92 Å². The summed E-state index contributed by atoms with van der Waals surface area (Å²) in [5.41, 5.74) is 0.594. The molecule has 0 aliphatic rings. The monoisotopic (exact) mass is 282 g/mol. The summed E-state index contributed by atoms with van der Waals surface area (Å²) in [5, 5.41) is 9.92. The Hall–Kier alpha value is -1.51. The van der Waals surface area contributed by atoms with Crippen molar-refractivity contribution in [1.82, 2.24) is 0 Å². The van der Waals surface area contributed by atoms with Gasteiger partial charge in [0.1, 0.15) is 5.04 Å². The van der Waals surface area contributed by atoms with Gasteiger partial charge in [-0.3, -0.25) is 4.79 Å². The second-order valence-corrected chi connectivity index (χ2v) is 4.48. The molecule has 0 saturated carbocycles. The van der Waals surface area contributed by atoms with Crippen LogP contribution in [0.15, 0.2) is 29.3 Å². The number of nitrogens with zero attached hydrogens (tertiary/aromatic N) is 2. The van der Waals surface area contributed by atoms with E-state index in [4.69, 9.17) is 16.9 Å². The zero-order chi connectivity index (χ0) is 13.5. The summed E-state index contributed by atoms with van der Waals surface area (Å²) >= 11 is 7.07. The van der Waals surface area contributed by atoms with E-state index < -0.39 is 11.9 Å². The molecule has 0 amide bonds. The number of benzene rings is 1. The van der Waals surface area contributed by atoms with Crippen molar-refractivity contribution in [1.29, 1.82) is 5.26 Å². The van der Waals surface area contributed by atoms with Gasteiger partial charge in [-0.2, -0.15) is 5.26 Å². The lowest BCUT2D eigenvalue weighted by Gasteiger charge is -2.08. The first-order valence-electron chi connectivity index (χ1n) is 4.98. The molecular weight excluding hydrogens is 272 g/mol. The minimum atomic E-state index is -1.01. The second kappa shape index (κ2) is 7.04. The first-order chi connectivity index (χ1) is 8.62. The summed E-state index contributed by atoms with van der Waals surface area (Å²) in [6.07, 6.45) is 1.75. The predicted molar refractivity (Wildman–Crippen MR) is 73.2 cm³/mol. The summed E-state index contributed by atoms with van der Waals surface area (Å²) < 4.78 is 4.57. The predicted octanol–water partition coefficient (Wildman–Crippen LogP) is 3.05. The first kappa shape index (κ1) is 14.6. The molecule has 0 radical (unpaired) electrons. The SMILES string of the molecule is COC(=O)C(C#N)C(=Nc1cccc(Cl)c1)SC. The number of carbonyl (C=O) groups excluding carboxylic acids is 1. The van der Waals surface area contributed by atoms with Crippen LogP contribution in [0.4, 0.5) is 5.69 Å². The number of methoxy groups -OCH3 is 1. The molecule has 1 unspecified atom stereocenters. The van der Waals surface area contributed by atoms with E-state index in [1.807, 2.05) is 6.07 Å². The number of nitriles is 1. The van der Waals surface area contributed by atoms with Crippen molar-refractivity contribution in [3.63, 3.8) is 0 Å². The lowest BCUT2D eigenvalue weighted by atomic mass is 10.2. The number of thioether (sulfide) groups is 1. The second-order valence-electron chi connectivity index (χ2n) is 3.22. The zero-order valence-electron chi connectivity index (χ0n) is 9.88. The normalized spacial score (nSPS) is 12.7. The van der Waals surface area contributed by atoms with Crippen LogP contribution in [-0.4, -0.2) is 24.4 Å². The van der Waals surface area contributed by atoms with Crippen molar-refractivity contribution in [2.45, 2.75) is 0 Å². The van der Waals surface area contributed by atoms with Crippen LogP contribution >= 0.6 is 23.4 Å². The van der Waals surface area contributed by atoms with E-state index in [0.717, 1.165) is 0 Å². The van der Waals surface area contributed by atoms with Gasteiger partial charge in [0.25, 0.3) is 0 Å². The molecule has 18 heavy (non-hydrogen) atoms. The fraction of sp³-hybridized carbons (Fsp3) is 0.250. The van der Waals surface area contributed by atoms with Crippen molar-refractivity contribution in [3.05, 3.63) is 29.3 Å². The smallest absolute Gasteiger partial charge is 0.329 e. The van der Waals surface area contributed by atoms with Crippen LogP contribution < -0.4 is 0 Å². The maximum Gasteiger partial charge on any atom is 0.329 e. The van der Waals surface area contributed by atoms with E-state index in [9.17, 15) is 4.79 Å². The quantitative estimate of drug-likeness (QED) is 0.486. The largest absolute Gasteiger partial charge is 0.468 e. The van der Waals surface area contributed by atoms with Crippen LogP contribution in [0.3, 0.4) is 0 Å². The lowest BCUT2D eigenvalue weighted by molar-refractivity contribution is -0.141. The number of aliphatic imine (C=N–C) groups is 1. The van der Waals surface area contributed by atoms with E-state index in [0.29, 0.717) is 15.8 Å². The molecule has 0 aromatic heterocycles. The Balaban J connectivity index is 3.09. The Morgan fingerprint density at radius 2 is 2.33 bits per heavy atom. The Labute approximate surface area is 115 Å². The lowest BCUT2D eigenvalue weighted by Crippen LogP contribution is -2.21. The highest BCUT2D eigenvalue weighted by Gasteiger charge is 2.24. The Morgan fingerprint density at radius 3 is 2.83 bits per heavy atom. The van der Waals surface area contributed by atoms with Gasteiger partial charge in [-0.05, 0) is 24.5 Å². The fourth-order valence-corrected chi connectivity index (χ4v) is 1.99. The van der Waals surface area contributed by atoms with Crippen LogP contribution in [0.1, 0.15) is 0 Å². The Kier molecular flexibility index (Phi) is 5.69. The van der Waals surface area contributed by atoms with Gasteiger partial charge < -0.3 is 4.74 Å². The first-order valence-corrected chi connectivity index (χ1v) is 6.58. The topological polar surface area (TPSA) is 62.5 Å². The van der Waals surface area contributed by atoms with E-state index >= 15 is 0 Å². The molecular formula is C12H11ClN2O2S. The third-order valence-corrected chi connectivity index (χ3v) is 3.05. The van der Waals surface area contributed by atoms with E-state index in [1.165, 1.54) is 18.9 Å².